The molecule has 0 saturated carbocycles. The van der Waals surface area contributed by atoms with Crippen molar-refractivity contribution in [1.29, 1.82) is 0 Å². The first-order valence-corrected chi connectivity index (χ1v) is 7.55. The molecule has 0 heterocycles. The minimum Gasteiger partial charge on any atom is -0.495 e. The van der Waals surface area contributed by atoms with Gasteiger partial charge in [0.15, 0.2) is 0 Å². The molecule has 22 heavy (non-hydrogen) atoms. The Balaban J connectivity index is 2.43. The van der Waals surface area contributed by atoms with E-state index < -0.39 is 18.4 Å². The fourth-order valence-corrected chi connectivity index (χ4v) is 2.61. The summed E-state index contributed by atoms with van der Waals surface area (Å²) < 4.78 is 27.7. The lowest BCUT2D eigenvalue weighted by atomic mass is 9.80. The quantitative estimate of drug-likeness (QED) is 0.533. The molecule has 0 aliphatic carbocycles. The second-order valence-corrected chi connectivity index (χ2v) is 5.46. The summed E-state index contributed by atoms with van der Waals surface area (Å²) in [4.78, 5) is 0. The molecule has 0 spiro atoms. The first-order valence-electron chi connectivity index (χ1n) is 6.49. The molecular weight excluding hydrogens is 305 g/mol. The van der Waals surface area contributed by atoms with Crippen LogP contribution in [0.2, 0.25) is 0 Å². The molecule has 1 atom stereocenters. The summed E-state index contributed by atoms with van der Waals surface area (Å²) in [6.07, 6.45) is 0. The van der Waals surface area contributed by atoms with Crippen molar-refractivity contribution in [2.45, 2.75) is 6.54 Å². The van der Waals surface area contributed by atoms with Crippen LogP contribution in [-0.2, 0) is 17.8 Å². The van der Waals surface area contributed by atoms with Crippen LogP contribution in [-0.4, -0.2) is 33.0 Å². The Morgan fingerprint density at radius 1 is 1.18 bits per heavy atom. The van der Waals surface area contributed by atoms with E-state index in [4.69, 9.17) is 4.74 Å². The van der Waals surface area contributed by atoms with Crippen molar-refractivity contribution in [2.75, 3.05) is 11.4 Å². The van der Waals surface area contributed by atoms with Crippen LogP contribution >= 0.6 is 0 Å². The van der Waals surface area contributed by atoms with Crippen LogP contribution in [0.4, 0.5) is 5.69 Å². The predicted molar refractivity (Wildman–Crippen MR) is 86.2 cm³/mol. The van der Waals surface area contributed by atoms with Gasteiger partial charge in [0.25, 0.3) is 11.3 Å². The van der Waals surface area contributed by atoms with Gasteiger partial charge in [0.05, 0.1) is 19.3 Å². The molecule has 0 radical (unpaired) electrons. The molecule has 0 aliphatic heterocycles. The third-order valence-electron chi connectivity index (χ3n) is 3.13. The zero-order valence-electron chi connectivity index (χ0n) is 11.9. The van der Waals surface area contributed by atoms with Gasteiger partial charge in [0.2, 0.25) is 0 Å². The van der Waals surface area contributed by atoms with Gasteiger partial charge in [-0.15, -0.1) is 0 Å². The van der Waals surface area contributed by atoms with Crippen molar-refractivity contribution >= 4 is 29.5 Å². The Morgan fingerprint density at radius 2 is 1.86 bits per heavy atom. The summed E-state index contributed by atoms with van der Waals surface area (Å²) in [7, 11) is -0.232. The summed E-state index contributed by atoms with van der Waals surface area (Å²) in [5.41, 5.74) is 1.35. The van der Waals surface area contributed by atoms with Crippen molar-refractivity contribution < 1.29 is 23.5 Å². The fourth-order valence-electron chi connectivity index (χ4n) is 2.04. The molecule has 0 amide bonds. The minimum absolute atomic E-state index is 0.172. The Morgan fingerprint density at radius 3 is 2.41 bits per heavy atom. The van der Waals surface area contributed by atoms with Gasteiger partial charge >= 0.3 is 7.12 Å². The number of methoxy groups -OCH3 is 1. The second kappa shape index (κ2) is 7.41. The van der Waals surface area contributed by atoms with Crippen molar-refractivity contribution in [1.82, 2.24) is 0 Å². The third kappa shape index (κ3) is 3.86. The van der Waals surface area contributed by atoms with Gasteiger partial charge in [-0.3, -0.25) is 8.86 Å². The molecular formula is C14H16BNO5S. The molecule has 2 rings (SSSR count). The number of nitrogens with zero attached hydrogens (tertiary/aromatic N) is 1. The van der Waals surface area contributed by atoms with Crippen LogP contribution < -0.4 is 14.5 Å². The Labute approximate surface area is 131 Å². The lowest BCUT2D eigenvalue weighted by Gasteiger charge is -2.23. The summed E-state index contributed by atoms with van der Waals surface area (Å²) >= 11 is -2.30. The van der Waals surface area contributed by atoms with Crippen LogP contribution in [0.15, 0.2) is 48.5 Å². The standard InChI is InChI=1S/C14H16BNO5S/c1-21-14-8-7-12(15(17)18)9-13(14)16(22(19)20)10-11-5-3-2-4-6-11/h2-9,17-18H,10H2,1H3,(H,19,20). The third-order valence-corrected chi connectivity index (χ3v) is 3.83. The van der Waals surface area contributed by atoms with Crippen LogP contribution in [0.25, 0.3) is 0 Å². The first-order chi connectivity index (χ1) is 10.5. The largest absolute Gasteiger partial charge is 0.495 e. The molecule has 1 unspecified atom stereocenters. The zero-order valence-corrected chi connectivity index (χ0v) is 12.7. The molecule has 116 valence electrons. The number of hydrogen-bond acceptors (Lipinski definition) is 4. The van der Waals surface area contributed by atoms with Gasteiger partial charge in [-0.2, -0.15) is 0 Å². The Kier molecular flexibility index (Phi) is 5.56. The van der Waals surface area contributed by atoms with Gasteiger partial charge in [-0.1, -0.05) is 36.4 Å². The molecule has 0 aliphatic rings. The van der Waals surface area contributed by atoms with Crippen molar-refractivity contribution in [3.63, 3.8) is 0 Å². The summed E-state index contributed by atoms with van der Waals surface area (Å²) in [5, 5.41) is 18.6. The molecule has 8 heteroatoms. The maximum atomic E-state index is 11.7. The SMILES string of the molecule is COc1ccc(B(O)O)cc1N(Cc1ccccc1)S(=O)O. The summed E-state index contributed by atoms with van der Waals surface area (Å²) in [5.74, 6) is 0.364. The fraction of sp³-hybridized carbons (Fsp3) is 0.143. The maximum Gasteiger partial charge on any atom is 0.488 e. The van der Waals surface area contributed by atoms with E-state index in [1.807, 2.05) is 30.3 Å². The van der Waals surface area contributed by atoms with Gasteiger partial charge in [-0.25, -0.2) is 4.21 Å². The number of benzene rings is 2. The average molecular weight is 321 g/mol. The highest BCUT2D eigenvalue weighted by Crippen LogP contribution is 2.29. The minimum atomic E-state index is -2.30. The lowest BCUT2D eigenvalue weighted by molar-refractivity contribution is 0.414. The monoisotopic (exact) mass is 321 g/mol. The number of ether oxygens (including phenoxy) is 1. The summed E-state index contributed by atoms with van der Waals surface area (Å²) in [6, 6.07) is 13.6. The zero-order chi connectivity index (χ0) is 16.1. The van der Waals surface area contributed by atoms with Gasteiger partial charge in [-0.05, 0) is 23.2 Å². The normalized spacial score (nSPS) is 11.8. The van der Waals surface area contributed by atoms with E-state index in [1.54, 1.807) is 0 Å². The average Bonchev–Trinajstić information content (AvgIpc) is 2.52. The van der Waals surface area contributed by atoms with Crippen LogP contribution in [0.3, 0.4) is 0 Å². The first kappa shape index (κ1) is 16.5. The Bertz CT molecular complexity index is 653. The van der Waals surface area contributed by atoms with E-state index in [2.05, 4.69) is 0 Å². The van der Waals surface area contributed by atoms with Crippen molar-refractivity contribution in [3.05, 3.63) is 54.1 Å². The highest BCUT2D eigenvalue weighted by atomic mass is 32.2. The molecule has 3 N–H and O–H groups in total. The van der Waals surface area contributed by atoms with E-state index in [1.165, 1.54) is 29.6 Å². The van der Waals surface area contributed by atoms with Crippen LogP contribution in [0, 0.1) is 0 Å². The highest BCUT2D eigenvalue weighted by molar-refractivity contribution is 7.80. The highest BCUT2D eigenvalue weighted by Gasteiger charge is 2.21. The number of anilines is 1. The molecule has 2 aromatic rings. The van der Waals surface area contributed by atoms with Crippen LogP contribution in [0.1, 0.15) is 5.56 Å². The lowest BCUT2D eigenvalue weighted by Crippen LogP contribution is -2.32. The van der Waals surface area contributed by atoms with E-state index >= 15 is 0 Å². The van der Waals surface area contributed by atoms with E-state index in [9.17, 15) is 18.8 Å². The predicted octanol–water partition coefficient (Wildman–Crippen LogP) is 0.518. The molecule has 0 saturated heterocycles. The van der Waals surface area contributed by atoms with Gasteiger partial charge < -0.3 is 14.8 Å². The topological polar surface area (TPSA) is 90.2 Å². The van der Waals surface area contributed by atoms with E-state index in [-0.39, 0.29) is 12.0 Å². The molecule has 2 aromatic carbocycles. The number of rotatable bonds is 6. The molecule has 0 aromatic heterocycles. The Hall–Kier alpha value is -1.87. The molecule has 0 fully saturated rings. The van der Waals surface area contributed by atoms with E-state index in [0.29, 0.717) is 11.4 Å². The second-order valence-electron chi connectivity index (χ2n) is 4.56. The van der Waals surface area contributed by atoms with Crippen molar-refractivity contribution in [3.8, 4) is 5.75 Å². The van der Waals surface area contributed by atoms with E-state index in [0.717, 1.165) is 5.56 Å². The summed E-state index contributed by atoms with van der Waals surface area (Å²) in [6.45, 7) is 0.172. The number of hydrogen-bond donors (Lipinski definition) is 3. The maximum absolute atomic E-state index is 11.7. The smallest absolute Gasteiger partial charge is 0.488 e. The molecule has 6 nitrogen and oxygen atoms in total. The van der Waals surface area contributed by atoms with Gasteiger partial charge in [0, 0.05) is 0 Å². The van der Waals surface area contributed by atoms with Crippen molar-refractivity contribution in [2.24, 2.45) is 0 Å². The van der Waals surface area contributed by atoms with Crippen LogP contribution in [0.5, 0.6) is 5.75 Å². The molecule has 0 bridgehead atoms. The van der Waals surface area contributed by atoms with Gasteiger partial charge in [0.1, 0.15) is 5.75 Å².